The van der Waals surface area contributed by atoms with Crippen LogP contribution in [0.1, 0.15) is 22.3 Å². The predicted octanol–water partition coefficient (Wildman–Crippen LogP) is 5.98. The van der Waals surface area contributed by atoms with Crippen molar-refractivity contribution < 1.29 is 0 Å². The van der Waals surface area contributed by atoms with Crippen LogP contribution in [0.15, 0.2) is 127 Å². The van der Waals surface area contributed by atoms with Crippen molar-refractivity contribution in [2.75, 3.05) is 0 Å². The van der Waals surface area contributed by atoms with Crippen molar-refractivity contribution in [1.29, 1.82) is 0 Å². The second-order valence-corrected chi connectivity index (χ2v) is 8.62. The Balaban J connectivity index is 1.87. The molecule has 0 aromatic heterocycles. The molecule has 1 aliphatic rings. The van der Waals surface area contributed by atoms with Crippen LogP contribution in [0.3, 0.4) is 0 Å². The Morgan fingerprint density at radius 2 is 0.781 bits per heavy atom. The van der Waals surface area contributed by atoms with Gasteiger partial charge in [0.1, 0.15) is 7.85 Å². The van der Waals surface area contributed by atoms with Crippen LogP contribution in [-0.2, 0) is 5.41 Å². The molecule has 1 aliphatic carbocycles. The van der Waals surface area contributed by atoms with Gasteiger partial charge in [-0.2, -0.15) is 0 Å². The zero-order chi connectivity index (χ0) is 21.5. The molecule has 5 aromatic carbocycles. The van der Waals surface area contributed by atoms with E-state index in [0.717, 1.165) is 0 Å². The van der Waals surface area contributed by atoms with Gasteiger partial charge in [0, 0.05) is 0 Å². The second-order valence-electron chi connectivity index (χ2n) is 8.62. The molecule has 0 amide bonds. The van der Waals surface area contributed by atoms with E-state index in [1.165, 1.54) is 50.0 Å². The normalized spacial score (nSPS) is 13.4. The third-order valence-corrected chi connectivity index (χ3v) is 6.86. The van der Waals surface area contributed by atoms with Crippen LogP contribution in [0.25, 0.3) is 22.3 Å². The summed E-state index contributed by atoms with van der Waals surface area (Å²) in [7, 11) is 2.16. The van der Waals surface area contributed by atoms with Crippen LogP contribution in [0.5, 0.6) is 0 Å². The summed E-state index contributed by atoms with van der Waals surface area (Å²) >= 11 is 0. The largest absolute Gasteiger partial charge is 0.139 e. The standard InChI is InChI=1S/C31H23B/c32-24-20-18-23(19-21-24)31(22-10-2-1-3-11-22)29-16-8-6-14-27(29)25-12-4-5-13-26(25)28-15-7-9-17-30(28)31/h1-21H,32H2. The molecule has 0 spiro atoms. The van der Waals surface area contributed by atoms with Gasteiger partial charge in [-0.25, -0.2) is 0 Å². The molecule has 32 heavy (non-hydrogen) atoms. The summed E-state index contributed by atoms with van der Waals surface area (Å²) in [5.74, 6) is 0. The molecule has 0 aliphatic heterocycles. The highest BCUT2D eigenvalue weighted by Gasteiger charge is 2.43. The molecule has 0 saturated carbocycles. The van der Waals surface area contributed by atoms with Crippen LogP contribution in [0.4, 0.5) is 0 Å². The Kier molecular flexibility index (Phi) is 4.36. The van der Waals surface area contributed by atoms with Crippen molar-refractivity contribution in [3.8, 4) is 22.3 Å². The first-order chi connectivity index (χ1) is 15.8. The molecule has 0 fully saturated rings. The highest BCUT2D eigenvalue weighted by atomic mass is 14.4. The number of fused-ring (bicyclic) bond motifs is 5. The smallest absolute Gasteiger partial charge is 0.0889 e. The van der Waals surface area contributed by atoms with Crippen LogP contribution in [0, 0.1) is 0 Å². The number of hydrogen-bond donors (Lipinski definition) is 0. The first-order valence-electron chi connectivity index (χ1n) is 11.2. The van der Waals surface area contributed by atoms with Gasteiger partial charge in [-0.3, -0.25) is 0 Å². The fourth-order valence-corrected chi connectivity index (χ4v) is 5.47. The summed E-state index contributed by atoms with van der Waals surface area (Å²) in [6, 6.07) is 46.8. The molecule has 0 bridgehead atoms. The van der Waals surface area contributed by atoms with Crippen LogP contribution >= 0.6 is 0 Å². The molecule has 0 N–H and O–H groups in total. The van der Waals surface area contributed by atoms with Gasteiger partial charge in [0.15, 0.2) is 0 Å². The first kappa shape index (κ1) is 18.9. The van der Waals surface area contributed by atoms with E-state index < -0.39 is 5.41 Å². The van der Waals surface area contributed by atoms with Crippen molar-refractivity contribution in [1.82, 2.24) is 0 Å². The number of benzene rings is 5. The number of hydrogen-bond acceptors (Lipinski definition) is 0. The van der Waals surface area contributed by atoms with Gasteiger partial charge in [-0.1, -0.05) is 133 Å². The molecule has 0 saturated heterocycles. The van der Waals surface area contributed by atoms with Crippen molar-refractivity contribution in [3.63, 3.8) is 0 Å². The van der Waals surface area contributed by atoms with E-state index in [9.17, 15) is 0 Å². The third-order valence-electron chi connectivity index (χ3n) is 6.86. The van der Waals surface area contributed by atoms with E-state index in [4.69, 9.17) is 0 Å². The molecule has 6 rings (SSSR count). The highest BCUT2D eigenvalue weighted by molar-refractivity contribution is 6.32. The summed E-state index contributed by atoms with van der Waals surface area (Å²) in [6.45, 7) is 0. The molecule has 0 radical (unpaired) electrons. The molecule has 5 aromatic rings. The average molecular weight is 406 g/mol. The molecular weight excluding hydrogens is 383 g/mol. The lowest BCUT2D eigenvalue weighted by Crippen LogP contribution is -2.32. The van der Waals surface area contributed by atoms with Crippen LogP contribution in [-0.4, -0.2) is 7.85 Å². The highest BCUT2D eigenvalue weighted by Crippen LogP contribution is 2.54. The van der Waals surface area contributed by atoms with Gasteiger partial charge in [0.25, 0.3) is 0 Å². The summed E-state index contributed by atoms with van der Waals surface area (Å²) in [4.78, 5) is 0. The second kappa shape index (κ2) is 7.39. The SMILES string of the molecule is Bc1ccc(C2(c3ccccc3)c3ccccc3-c3ccccc3-c3ccccc32)cc1. The van der Waals surface area contributed by atoms with E-state index >= 15 is 0 Å². The minimum Gasteiger partial charge on any atom is -0.0889 e. The van der Waals surface area contributed by atoms with E-state index in [2.05, 4.69) is 135 Å². The van der Waals surface area contributed by atoms with Crippen molar-refractivity contribution in [2.24, 2.45) is 0 Å². The minimum atomic E-state index is -0.416. The molecule has 150 valence electrons. The van der Waals surface area contributed by atoms with Gasteiger partial charge in [0.05, 0.1) is 5.41 Å². The molecule has 0 nitrogen and oxygen atoms in total. The maximum atomic E-state index is 2.32. The lowest BCUT2D eigenvalue weighted by atomic mass is 9.63. The Hall–Kier alpha value is -3.84. The van der Waals surface area contributed by atoms with Crippen molar-refractivity contribution in [3.05, 3.63) is 150 Å². The fourth-order valence-electron chi connectivity index (χ4n) is 5.47. The Labute approximate surface area is 190 Å². The van der Waals surface area contributed by atoms with Gasteiger partial charge in [0.2, 0.25) is 0 Å². The molecule has 1 heteroatoms. The topological polar surface area (TPSA) is 0 Å². The molecular formula is C31H23B. The Morgan fingerprint density at radius 3 is 1.31 bits per heavy atom. The zero-order valence-corrected chi connectivity index (χ0v) is 18.1. The third kappa shape index (κ3) is 2.64. The van der Waals surface area contributed by atoms with Gasteiger partial charge in [-0.15, -0.1) is 0 Å². The fraction of sp³-hybridized carbons (Fsp3) is 0.0323. The van der Waals surface area contributed by atoms with Crippen LogP contribution in [0.2, 0.25) is 0 Å². The Bertz CT molecular complexity index is 1350. The number of rotatable bonds is 2. The van der Waals surface area contributed by atoms with Gasteiger partial charge in [-0.05, 0) is 44.5 Å². The Morgan fingerprint density at radius 1 is 0.375 bits per heavy atom. The van der Waals surface area contributed by atoms with E-state index in [-0.39, 0.29) is 0 Å². The van der Waals surface area contributed by atoms with E-state index in [1.807, 2.05) is 0 Å². The molecule has 0 unspecified atom stereocenters. The zero-order valence-electron chi connectivity index (χ0n) is 18.1. The molecule has 0 atom stereocenters. The van der Waals surface area contributed by atoms with Crippen LogP contribution < -0.4 is 5.46 Å². The maximum Gasteiger partial charge on any atom is 0.139 e. The minimum absolute atomic E-state index is 0.416. The summed E-state index contributed by atoms with van der Waals surface area (Å²) < 4.78 is 0. The van der Waals surface area contributed by atoms with E-state index in [0.29, 0.717) is 0 Å². The summed E-state index contributed by atoms with van der Waals surface area (Å²) in [5.41, 5.74) is 11.3. The first-order valence-corrected chi connectivity index (χ1v) is 11.2. The van der Waals surface area contributed by atoms with Gasteiger partial charge < -0.3 is 0 Å². The van der Waals surface area contributed by atoms with E-state index in [1.54, 1.807) is 0 Å². The predicted molar refractivity (Wildman–Crippen MR) is 137 cm³/mol. The summed E-state index contributed by atoms with van der Waals surface area (Å²) in [5, 5.41) is 0. The lowest BCUT2D eigenvalue weighted by molar-refractivity contribution is 0.752. The van der Waals surface area contributed by atoms with Crippen molar-refractivity contribution in [2.45, 2.75) is 5.41 Å². The lowest BCUT2D eigenvalue weighted by Gasteiger charge is -2.38. The van der Waals surface area contributed by atoms with Gasteiger partial charge >= 0.3 is 0 Å². The maximum absolute atomic E-state index is 2.32. The summed E-state index contributed by atoms with van der Waals surface area (Å²) in [6.07, 6.45) is 0. The molecule has 0 heterocycles. The van der Waals surface area contributed by atoms with Crippen molar-refractivity contribution >= 4 is 13.3 Å². The monoisotopic (exact) mass is 406 g/mol. The quantitative estimate of drug-likeness (QED) is 0.311. The average Bonchev–Trinajstić information content (AvgIpc) is 2.97.